The first-order valence-electron chi connectivity index (χ1n) is 8.77. The molecule has 28 heavy (non-hydrogen) atoms. The highest BCUT2D eigenvalue weighted by atomic mass is 35.5. The minimum absolute atomic E-state index is 0.0211. The van der Waals surface area contributed by atoms with Crippen LogP contribution in [0.3, 0.4) is 0 Å². The van der Waals surface area contributed by atoms with Crippen LogP contribution in [0.25, 0.3) is 0 Å². The molecule has 1 heterocycles. The van der Waals surface area contributed by atoms with Crippen molar-refractivity contribution in [3.63, 3.8) is 0 Å². The first kappa shape index (κ1) is 20.8. The van der Waals surface area contributed by atoms with Crippen LogP contribution in [0.15, 0.2) is 36.4 Å². The van der Waals surface area contributed by atoms with Gasteiger partial charge in [-0.25, -0.2) is 0 Å². The average Bonchev–Trinajstić information content (AvgIpc) is 2.70. The largest absolute Gasteiger partial charge is 0.496 e. The average molecular weight is 442 g/mol. The van der Waals surface area contributed by atoms with Gasteiger partial charge in [-0.2, -0.15) is 0 Å². The summed E-state index contributed by atoms with van der Waals surface area (Å²) in [6.07, 6.45) is 1.31. The Morgan fingerprint density at radius 2 is 1.75 bits per heavy atom. The quantitative estimate of drug-likeness (QED) is 0.749. The Kier molecular flexibility index (Phi) is 6.70. The molecular formula is C20H19Cl3N2O3. The minimum Gasteiger partial charge on any atom is -0.496 e. The summed E-state index contributed by atoms with van der Waals surface area (Å²) >= 11 is 17.9. The van der Waals surface area contributed by atoms with Gasteiger partial charge in [0.2, 0.25) is 0 Å². The third kappa shape index (κ3) is 4.72. The number of likely N-dealkylation sites (tertiary alicyclic amines) is 1. The van der Waals surface area contributed by atoms with Crippen LogP contribution < -0.4 is 10.1 Å². The molecule has 1 fully saturated rings. The monoisotopic (exact) mass is 440 g/mol. The van der Waals surface area contributed by atoms with Crippen LogP contribution in [-0.4, -0.2) is 43.0 Å². The number of ether oxygens (including phenoxy) is 1. The molecule has 1 aliphatic rings. The SMILES string of the molecule is COc1ccc(Cl)cc1C(=O)N1CCC(NC(=O)c2ccc(Cl)c(Cl)c2)CC1. The van der Waals surface area contributed by atoms with Crippen LogP contribution in [-0.2, 0) is 0 Å². The highest BCUT2D eigenvalue weighted by molar-refractivity contribution is 6.42. The Hall–Kier alpha value is -1.95. The minimum atomic E-state index is -0.208. The van der Waals surface area contributed by atoms with Gasteiger partial charge in [0, 0.05) is 29.7 Å². The van der Waals surface area contributed by atoms with Gasteiger partial charge in [-0.05, 0) is 49.2 Å². The summed E-state index contributed by atoms with van der Waals surface area (Å²) in [4.78, 5) is 27.0. The molecule has 0 spiro atoms. The Balaban J connectivity index is 1.60. The lowest BCUT2D eigenvalue weighted by Crippen LogP contribution is -2.46. The maximum Gasteiger partial charge on any atom is 0.257 e. The van der Waals surface area contributed by atoms with Gasteiger partial charge < -0.3 is 15.0 Å². The van der Waals surface area contributed by atoms with E-state index in [0.717, 1.165) is 0 Å². The van der Waals surface area contributed by atoms with Gasteiger partial charge in [0.05, 0.1) is 22.7 Å². The van der Waals surface area contributed by atoms with Crippen molar-refractivity contribution in [1.82, 2.24) is 10.2 Å². The number of methoxy groups -OCH3 is 1. The first-order chi connectivity index (χ1) is 13.4. The second-order valence-corrected chi connectivity index (χ2v) is 7.76. The standard InChI is InChI=1S/C20H19Cl3N2O3/c1-28-18-5-3-13(21)11-15(18)20(27)25-8-6-14(7-9-25)24-19(26)12-2-4-16(22)17(23)10-12/h2-5,10-11,14H,6-9H2,1H3,(H,24,26). The number of amides is 2. The van der Waals surface area contributed by atoms with Crippen molar-refractivity contribution in [2.24, 2.45) is 0 Å². The van der Waals surface area contributed by atoms with E-state index >= 15 is 0 Å². The van der Waals surface area contributed by atoms with Crippen molar-refractivity contribution in [3.05, 3.63) is 62.6 Å². The molecule has 0 aliphatic carbocycles. The number of rotatable bonds is 4. The Morgan fingerprint density at radius 3 is 2.39 bits per heavy atom. The summed E-state index contributed by atoms with van der Waals surface area (Å²) in [5.74, 6) is 0.151. The molecule has 3 rings (SSSR count). The summed E-state index contributed by atoms with van der Waals surface area (Å²) in [7, 11) is 1.52. The number of piperidine rings is 1. The van der Waals surface area contributed by atoms with Crippen molar-refractivity contribution in [2.75, 3.05) is 20.2 Å². The number of halogens is 3. The van der Waals surface area contributed by atoms with E-state index in [9.17, 15) is 9.59 Å². The highest BCUT2D eigenvalue weighted by Gasteiger charge is 2.26. The van der Waals surface area contributed by atoms with E-state index in [0.29, 0.717) is 57.9 Å². The zero-order valence-corrected chi connectivity index (χ0v) is 17.4. The molecule has 0 unspecified atom stereocenters. The van der Waals surface area contributed by atoms with E-state index in [1.54, 1.807) is 41.3 Å². The number of carbonyl (C=O) groups excluding carboxylic acids is 2. The predicted molar refractivity (Wildman–Crippen MR) is 111 cm³/mol. The number of nitrogens with zero attached hydrogens (tertiary/aromatic N) is 1. The number of nitrogens with one attached hydrogen (secondary N) is 1. The number of hydrogen-bond donors (Lipinski definition) is 1. The van der Waals surface area contributed by atoms with Gasteiger partial charge >= 0.3 is 0 Å². The molecule has 2 amide bonds. The van der Waals surface area contributed by atoms with E-state index in [1.165, 1.54) is 7.11 Å². The van der Waals surface area contributed by atoms with E-state index in [-0.39, 0.29) is 17.9 Å². The topological polar surface area (TPSA) is 58.6 Å². The smallest absolute Gasteiger partial charge is 0.257 e. The maximum atomic E-state index is 12.8. The Labute approximate surface area is 178 Å². The lowest BCUT2D eigenvalue weighted by atomic mass is 10.0. The molecule has 0 aromatic heterocycles. The molecule has 8 heteroatoms. The van der Waals surface area contributed by atoms with Crippen LogP contribution in [0, 0.1) is 0 Å². The van der Waals surface area contributed by atoms with Crippen molar-refractivity contribution in [1.29, 1.82) is 0 Å². The molecule has 0 saturated carbocycles. The third-order valence-corrected chi connectivity index (χ3v) is 5.67. The molecule has 1 aliphatic heterocycles. The molecule has 0 radical (unpaired) electrons. The van der Waals surface area contributed by atoms with Gasteiger partial charge in [-0.1, -0.05) is 34.8 Å². The zero-order valence-electron chi connectivity index (χ0n) is 15.2. The fourth-order valence-electron chi connectivity index (χ4n) is 3.15. The van der Waals surface area contributed by atoms with Gasteiger partial charge in [0.15, 0.2) is 0 Å². The van der Waals surface area contributed by atoms with Gasteiger partial charge in [-0.15, -0.1) is 0 Å². The fraction of sp³-hybridized carbons (Fsp3) is 0.300. The van der Waals surface area contributed by atoms with Gasteiger partial charge in [0.1, 0.15) is 5.75 Å². The number of carbonyl (C=O) groups is 2. The van der Waals surface area contributed by atoms with Crippen molar-refractivity contribution < 1.29 is 14.3 Å². The molecule has 148 valence electrons. The summed E-state index contributed by atoms with van der Waals surface area (Å²) < 4.78 is 5.27. The predicted octanol–water partition coefficient (Wildman–Crippen LogP) is 4.69. The second kappa shape index (κ2) is 9.03. The van der Waals surface area contributed by atoms with Crippen molar-refractivity contribution >= 4 is 46.6 Å². The van der Waals surface area contributed by atoms with Crippen LogP contribution in [0.4, 0.5) is 0 Å². The van der Waals surface area contributed by atoms with Crippen LogP contribution in [0.2, 0.25) is 15.1 Å². The number of benzene rings is 2. The number of hydrogen-bond acceptors (Lipinski definition) is 3. The van der Waals surface area contributed by atoms with Crippen LogP contribution in [0.5, 0.6) is 5.75 Å². The van der Waals surface area contributed by atoms with E-state index in [4.69, 9.17) is 39.5 Å². The van der Waals surface area contributed by atoms with Crippen molar-refractivity contribution in [3.8, 4) is 5.75 Å². The fourth-order valence-corrected chi connectivity index (χ4v) is 3.62. The second-order valence-electron chi connectivity index (χ2n) is 6.51. The highest BCUT2D eigenvalue weighted by Crippen LogP contribution is 2.26. The van der Waals surface area contributed by atoms with Gasteiger partial charge in [-0.3, -0.25) is 9.59 Å². The normalized spacial score (nSPS) is 14.6. The molecule has 0 atom stereocenters. The summed E-state index contributed by atoms with van der Waals surface area (Å²) in [5.41, 5.74) is 0.893. The van der Waals surface area contributed by atoms with E-state index < -0.39 is 0 Å². The summed E-state index contributed by atoms with van der Waals surface area (Å²) in [6, 6.07) is 9.73. The van der Waals surface area contributed by atoms with Crippen LogP contribution in [0.1, 0.15) is 33.6 Å². The molecule has 1 N–H and O–H groups in total. The Morgan fingerprint density at radius 1 is 1.04 bits per heavy atom. The first-order valence-corrected chi connectivity index (χ1v) is 9.91. The molecule has 2 aromatic rings. The summed E-state index contributed by atoms with van der Waals surface area (Å²) in [5, 5.41) is 4.21. The van der Waals surface area contributed by atoms with E-state index in [2.05, 4.69) is 5.32 Å². The van der Waals surface area contributed by atoms with Crippen LogP contribution >= 0.6 is 34.8 Å². The maximum absolute atomic E-state index is 12.8. The molecule has 2 aromatic carbocycles. The van der Waals surface area contributed by atoms with Crippen molar-refractivity contribution in [2.45, 2.75) is 18.9 Å². The lowest BCUT2D eigenvalue weighted by molar-refractivity contribution is 0.0695. The van der Waals surface area contributed by atoms with E-state index in [1.807, 2.05) is 0 Å². The molecular weight excluding hydrogens is 423 g/mol. The van der Waals surface area contributed by atoms with Gasteiger partial charge in [0.25, 0.3) is 11.8 Å². The molecule has 0 bridgehead atoms. The Bertz CT molecular complexity index is 896. The molecule has 1 saturated heterocycles. The zero-order chi connectivity index (χ0) is 20.3. The third-order valence-electron chi connectivity index (χ3n) is 4.69. The molecule has 5 nitrogen and oxygen atoms in total. The summed E-state index contributed by atoms with van der Waals surface area (Å²) in [6.45, 7) is 1.06. The lowest BCUT2D eigenvalue weighted by Gasteiger charge is -2.32.